The van der Waals surface area contributed by atoms with Crippen LogP contribution in [0.2, 0.25) is 0 Å². The number of pyridine rings is 1. The van der Waals surface area contributed by atoms with E-state index in [1.165, 1.54) is 18.1 Å². The van der Waals surface area contributed by atoms with Gasteiger partial charge in [0.25, 0.3) is 0 Å². The van der Waals surface area contributed by atoms with Gasteiger partial charge in [-0.25, -0.2) is 9.97 Å². The van der Waals surface area contributed by atoms with Crippen molar-refractivity contribution in [2.24, 2.45) is 10.9 Å². The summed E-state index contributed by atoms with van der Waals surface area (Å²) in [5, 5.41) is 12.4. The van der Waals surface area contributed by atoms with Crippen molar-refractivity contribution in [2.45, 2.75) is 9.92 Å². The number of hydrogen-bond donors (Lipinski definition) is 2. The summed E-state index contributed by atoms with van der Waals surface area (Å²) in [6.45, 7) is 0. The summed E-state index contributed by atoms with van der Waals surface area (Å²) in [5.41, 5.74) is 6.19. The monoisotopic (exact) mass is 247 g/mol. The second-order valence-electron chi connectivity index (χ2n) is 3.01. The van der Waals surface area contributed by atoms with Crippen LogP contribution in [0.3, 0.4) is 0 Å². The van der Waals surface area contributed by atoms with Crippen molar-refractivity contribution in [2.75, 3.05) is 0 Å². The van der Waals surface area contributed by atoms with Crippen LogP contribution in [0, 0.1) is 0 Å². The van der Waals surface area contributed by atoms with Gasteiger partial charge >= 0.3 is 0 Å². The number of aromatic nitrogens is 3. The van der Waals surface area contributed by atoms with E-state index in [-0.39, 0.29) is 5.84 Å². The Morgan fingerprint density at radius 1 is 1.29 bits per heavy atom. The fourth-order valence-electron chi connectivity index (χ4n) is 1.18. The van der Waals surface area contributed by atoms with Crippen LogP contribution in [0.1, 0.15) is 5.56 Å². The molecule has 7 heteroatoms. The van der Waals surface area contributed by atoms with Crippen LogP contribution in [-0.2, 0) is 0 Å². The number of rotatable bonds is 3. The Kier molecular flexibility index (Phi) is 3.51. The zero-order chi connectivity index (χ0) is 12.1. The molecule has 0 aromatic carbocycles. The maximum Gasteiger partial charge on any atom is 0.171 e. The Bertz CT molecular complexity index is 531. The van der Waals surface area contributed by atoms with Crippen molar-refractivity contribution in [3.8, 4) is 0 Å². The molecule has 0 spiro atoms. The van der Waals surface area contributed by atoms with Crippen LogP contribution >= 0.6 is 11.8 Å². The van der Waals surface area contributed by atoms with Gasteiger partial charge in [-0.1, -0.05) is 16.9 Å². The molecule has 2 rings (SSSR count). The lowest BCUT2D eigenvalue weighted by molar-refractivity contribution is 0.318. The van der Waals surface area contributed by atoms with E-state index < -0.39 is 0 Å². The molecule has 0 aliphatic carbocycles. The summed E-state index contributed by atoms with van der Waals surface area (Å²) >= 11 is 1.37. The van der Waals surface area contributed by atoms with Gasteiger partial charge in [-0.15, -0.1) is 0 Å². The average Bonchev–Trinajstić information content (AvgIpc) is 2.40. The molecular formula is C10H9N5OS. The first-order valence-electron chi connectivity index (χ1n) is 4.67. The third-order valence-corrected chi connectivity index (χ3v) is 2.93. The molecule has 3 N–H and O–H groups in total. The fraction of sp³-hybridized carbons (Fsp3) is 0. The first-order valence-corrected chi connectivity index (χ1v) is 5.48. The van der Waals surface area contributed by atoms with E-state index in [1.54, 1.807) is 30.7 Å². The molecule has 0 fully saturated rings. The van der Waals surface area contributed by atoms with Gasteiger partial charge < -0.3 is 10.9 Å². The molecule has 6 nitrogen and oxygen atoms in total. The SMILES string of the molecule is NC(=NO)c1ccncc1Sc1ccncn1. The van der Waals surface area contributed by atoms with Crippen LogP contribution in [0.5, 0.6) is 0 Å². The van der Waals surface area contributed by atoms with Gasteiger partial charge in [0.1, 0.15) is 11.4 Å². The Hall–Kier alpha value is -2.15. The largest absolute Gasteiger partial charge is 0.409 e. The van der Waals surface area contributed by atoms with E-state index >= 15 is 0 Å². The van der Waals surface area contributed by atoms with Crippen molar-refractivity contribution in [3.05, 3.63) is 42.6 Å². The zero-order valence-corrected chi connectivity index (χ0v) is 9.50. The molecule has 0 aliphatic rings. The number of nitrogens with two attached hydrogens (primary N) is 1. The number of hydrogen-bond acceptors (Lipinski definition) is 6. The molecule has 86 valence electrons. The highest BCUT2D eigenvalue weighted by Crippen LogP contribution is 2.27. The molecule has 2 heterocycles. The van der Waals surface area contributed by atoms with Crippen molar-refractivity contribution in [1.29, 1.82) is 0 Å². The van der Waals surface area contributed by atoms with Crippen LogP contribution in [-0.4, -0.2) is 26.0 Å². The van der Waals surface area contributed by atoms with Crippen molar-refractivity contribution < 1.29 is 5.21 Å². The number of amidine groups is 1. The minimum absolute atomic E-state index is 0.0453. The van der Waals surface area contributed by atoms with E-state index in [9.17, 15) is 0 Å². The maximum absolute atomic E-state index is 8.69. The molecular weight excluding hydrogens is 238 g/mol. The molecule has 0 atom stereocenters. The number of nitrogens with zero attached hydrogens (tertiary/aromatic N) is 4. The van der Waals surface area contributed by atoms with E-state index in [4.69, 9.17) is 10.9 Å². The van der Waals surface area contributed by atoms with Crippen molar-refractivity contribution in [3.63, 3.8) is 0 Å². The van der Waals surface area contributed by atoms with Gasteiger partial charge in [-0.3, -0.25) is 4.98 Å². The molecule has 0 amide bonds. The smallest absolute Gasteiger partial charge is 0.171 e. The first kappa shape index (κ1) is 11.3. The average molecular weight is 247 g/mol. The van der Waals surface area contributed by atoms with Crippen LogP contribution in [0.15, 0.2) is 52.1 Å². The summed E-state index contributed by atoms with van der Waals surface area (Å²) in [6.07, 6.45) is 6.33. The van der Waals surface area contributed by atoms with Crippen LogP contribution in [0.25, 0.3) is 0 Å². The van der Waals surface area contributed by atoms with Crippen molar-refractivity contribution in [1.82, 2.24) is 15.0 Å². The lowest BCUT2D eigenvalue weighted by atomic mass is 10.2. The lowest BCUT2D eigenvalue weighted by Gasteiger charge is -2.05. The van der Waals surface area contributed by atoms with Crippen molar-refractivity contribution >= 4 is 17.6 Å². The Labute approximate surface area is 102 Å². The molecule has 2 aromatic heterocycles. The van der Waals surface area contributed by atoms with Gasteiger partial charge in [0.2, 0.25) is 0 Å². The third-order valence-electron chi connectivity index (χ3n) is 1.94. The minimum Gasteiger partial charge on any atom is -0.409 e. The third kappa shape index (κ3) is 2.70. The van der Waals surface area contributed by atoms with Gasteiger partial charge in [0, 0.05) is 29.0 Å². The van der Waals surface area contributed by atoms with Gasteiger partial charge in [0.15, 0.2) is 5.84 Å². The standard InChI is InChI=1S/C10H9N5OS/c11-10(15-16)7-1-3-12-5-8(7)17-9-2-4-13-6-14-9/h1-6,16H,(H2,11,15). The topological polar surface area (TPSA) is 97.3 Å². The minimum atomic E-state index is 0.0453. The second kappa shape index (κ2) is 5.26. The molecule has 0 radical (unpaired) electrons. The molecule has 0 saturated heterocycles. The molecule has 0 aliphatic heterocycles. The summed E-state index contributed by atoms with van der Waals surface area (Å²) in [4.78, 5) is 12.7. The van der Waals surface area contributed by atoms with Gasteiger partial charge in [0.05, 0.1) is 0 Å². The predicted molar refractivity (Wildman–Crippen MR) is 62.9 cm³/mol. The van der Waals surface area contributed by atoms with Gasteiger partial charge in [-0.2, -0.15) is 0 Å². The summed E-state index contributed by atoms with van der Waals surface area (Å²) in [5.74, 6) is 0.0453. The van der Waals surface area contributed by atoms with E-state index in [2.05, 4.69) is 20.1 Å². The zero-order valence-electron chi connectivity index (χ0n) is 8.69. The normalized spacial score (nSPS) is 11.4. The summed E-state index contributed by atoms with van der Waals surface area (Å²) < 4.78 is 0. The van der Waals surface area contributed by atoms with E-state index in [1.807, 2.05) is 0 Å². The van der Waals surface area contributed by atoms with Gasteiger partial charge in [-0.05, 0) is 12.1 Å². The quantitative estimate of drug-likeness (QED) is 0.277. The highest BCUT2D eigenvalue weighted by molar-refractivity contribution is 7.99. The number of oxime groups is 1. The highest BCUT2D eigenvalue weighted by atomic mass is 32.2. The summed E-state index contributed by atoms with van der Waals surface area (Å²) in [7, 11) is 0. The predicted octanol–water partition coefficient (Wildman–Crippen LogP) is 1.12. The Morgan fingerprint density at radius 3 is 2.82 bits per heavy atom. The van der Waals surface area contributed by atoms with Crippen LogP contribution in [0.4, 0.5) is 0 Å². The van der Waals surface area contributed by atoms with E-state index in [0.717, 1.165) is 9.92 Å². The fourth-order valence-corrected chi connectivity index (χ4v) is 2.03. The Morgan fingerprint density at radius 2 is 2.12 bits per heavy atom. The molecule has 0 bridgehead atoms. The molecule has 2 aromatic rings. The first-order chi connectivity index (χ1) is 8.31. The highest BCUT2D eigenvalue weighted by Gasteiger charge is 2.08. The molecule has 0 unspecified atom stereocenters. The molecule has 0 saturated carbocycles. The lowest BCUT2D eigenvalue weighted by Crippen LogP contribution is -2.14. The Balaban J connectivity index is 2.33. The molecule has 17 heavy (non-hydrogen) atoms. The van der Waals surface area contributed by atoms with Crippen LogP contribution < -0.4 is 5.73 Å². The second-order valence-corrected chi connectivity index (χ2v) is 4.07. The van der Waals surface area contributed by atoms with E-state index in [0.29, 0.717) is 5.56 Å². The maximum atomic E-state index is 8.69. The summed E-state index contributed by atoms with van der Waals surface area (Å²) in [6, 6.07) is 3.45.